The van der Waals surface area contributed by atoms with Crippen LogP contribution < -0.4 is 5.32 Å². The molecule has 0 saturated heterocycles. The second-order valence-electron chi connectivity index (χ2n) is 4.59. The third kappa shape index (κ3) is 2.98. The summed E-state index contributed by atoms with van der Waals surface area (Å²) >= 11 is 6.15. The van der Waals surface area contributed by atoms with Gasteiger partial charge in [-0.1, -0.05) is 31.9 Å². The number of benzene rings is 1. The maximum absolute atomic E-state index is 14.0. The van der Waals surface area contributed by atoms with Crippen LogP contribution in [0.15, 0.2) is 18.2 Å². The van der Waals surface area contributed by atoms with Crippen molar-refractivity contribution in [2.45, 2.75) is 33.1 Å². The summed E-state index contributed by atoms with van der Waals surface area (Å²) < 4.78 is 14.0. The smallest absolute Gasteiger partial charge is 0.134 e. The molecule has 19 heavy (non-hydrogen) atoms. The van der Waals surface area contributed by atoms with Crippen molar-refractivity contribution in [2.75, 3.05) is 11.9 Å². The van der Waals surface area contributed by atoms with Crippen molar-refractivity contribution in [3.05, 3.63) is 34.7 Å². The molecule has 2 rings (SSSR count). The number of aromatic nitrogens is 1. The van der Waals surface area contributed by atoms with Gasteiger partial charge in [0.15, 0.2) is 0 Å². The molecule has 0 aliphatic carbocycles. The summed E-state index contributed by atoms with van der Waals surface area (Å²) in [5.41, 5.74) is 2.28. The SMILES string of the molecule is CCCNc1cc(CCC)nc2c(Cl)ccc(F)c12. The van der Waals surface area contributed by atoms with Gasteiger partial charge in [-0.3, -0.25) is 4.98 Å². The molecule has 4 heteroatoms. The second-order valence-corrected chi connectivity index (χ2v) is 5.00. The second kappa shape index (κ2) is 6.20. The Hall–Kier alpha value is -1.35. The minimum absolute atomic E-state index is 0.284. The quantitative estimate of drug-likeness (QED) is 0.851. The average molecular weight is 281 g/mol. The van der Waals surface area contributed by atoms with Crippen LogP contribution in [0.5, 0.6) is 0 Å². The van der Waals surface area contributed by atoms with E-state index in [1.807, 2.05) is 6.07 Å². The molecule has 0 saturated carbocycles. The van der Waals surface area contributed by atoms with Gasteiger partial charge in [0.25, 0.3) is 0 Å². The lowest BCUT2D eigenvalue weighted by Crippen LogP contribution is -2.04. The maximum atomic E-state index is 14.0. The van der Waals surface area contributed by atoms with Crippen LogP contribution in [0.25, 0.3) is 10.9 Å². The van der Waals surface area contributed by atoms with E-state index in [2.05, 4.69) is 24.1 Å². The molecule has 2 aromatic rings. The number of hydrogen-bond acceptors (Lipinski definition) is 2. The van der Waals surface area contributed by atoms with Crippen LogP contribution in [0.3, 0.4) is 0 Å². The zero-order valence-electron chi connectivity index (χ0n) is 11.3. The van der Waals surface area contributed by atoms with Crippen molar-refractivity contribution >= 4 is 28.2 Å². The first-order valence-electron chi connectivity index (χ1n) is 6.68. The predicted molar refractivity (Wildman–Crippen MR) is 79.5 cm³/mol. The van der Waals surface area contributed by atoms with Gasteiger partial charge >= 0.3 is 0 Å². The van der Waals surface area contributed by atoms with Crippen molar-refractivity contribution in [1.29, 1.82) is 0 Å². The summed E-state index contributed by atoms with van der Waals surface area (Å²) in [7, 11) is 0. The van der Waals surface area contributed by atoms with Crippen LogP contribution in [0.2, 0.25) is 5.02 Å². The molecule has 0 fully saturated rings. The lowest BCUT2D eigenvalue weighted by molar-refractivity contribution is 0.639. The highest BCUT2D eigenvalue weighted by Crippen LogP contribution is 2.31. The van der Waals surface area contributed by atoms with E-state index >= 15 is 0 Å². The van der Waals surface area contributed by atoms with E-state index in [1.54, 1.807) is 6.07 Å². The van der Waals surface area contributed by atoms with Gasteiger partial charge in [0.2, 0.25) is 0 Å². The standard InChI is InChI=1S/C15H18ClFN2/c1-3-5-10-9-13(18-8-4-2)14-12(17)7-6-11(16)15(14)19-10/h6-7,9H,3-5,8H2,1-2H3,(H,18,19). The van der Waals surface area contributed by atoms with E-state index in [0.29, 0.717) is 15.9 Å². The van der Waals surface area contributed by atoms with Crippen LogP contribution in [-0.2, 0) is 6.42 Å². The Morgan fingerprint density at radius 3 is 2.74 bits per heavy atom. The van der Waals surface area contributed by atoms with Gasteiger partial charge in [0.1, 0.15) is 5.82 Å². The molecule has 1 N–H and O–H groups in total. The number of aryl methyl sites for hydroxylation is 1. The highest BCUT2D eigenvalue weighted by molar-refractivity contribution is 6.35. The Morgan fingerprint density at radius 1 is 1.26 bits per heavy atom. The number of fused-ring (bicyclic) bond motifs is 1. The topological polar surface area (TPSA) is 24.9 Å². The monoisotopic (exact) mass is 280 g/mol. The molecule has 0 spiro atoms. The van der Waals surface area contributed by atoms with Gasteiger partial charge in [0, 0.05) is 17.9 Å². The number of nitrogens with one attached hydrogen (secondary N) is 1. The van der Waals surface area contributed by atoms with Crippen molar-refractivity contribution in [3.63, 3.8) is 0 Å². The number of pyridine rings is 1. The summed E-state index contributed by atoms with van der Waals surface area (Å²) in [6.07, 6.45) is 2.84. The molecule has 102 valence electrons. The molecule has 0 atom stereocenters. The molecule has 2 nitrogen and oxygen atoms in total. The first-order valence-corrected chi connectivity index (χ1v) is 7.06. The van der Waals surface area contributed by atoms with Crippen molar-refractivity contribution in [3.8, 4) is 0 Å². The largest absolute Gasteiger partial charge is 0.384 e. The van der Waals surface area contributed by atoms with Gasteiger partial charge < -0.3 is 5.32 Å². The van der Waals surface area contributed by atoms with Gasteiger partial charge in [-0.15, -0.1) is 0 Å². The summed E-state index contributed by atoms with van der Waals surface area (Å²) in [6, 6.07) is 4.88. The Labute approximate surface area is 118 Å². The van der Waals surface area contributed by atoms with Crippen molar-refractivity contribution in [2.24, 2.45) is 0 Å². The van der Waals surface area contributed by atoms with Crippen LogP contribution in [0.4, 0.5) is 10.1 Å². The molecule has 1 heterocycles. The molecule has 0 bridgehead atoms. The summed E-state index contributed by atoms with van der Waals surface area (Å²) in [5, 5.41) is 4.25. The first kappa shape index (κ1) is 14.1. The average Bonchev–Trinajstić information content (AvgIpc) is 2.40. The molecule has 0 radical (unpaired) electrons. The number of nitrogens with zero attached hydrogens (tertiary/aromatic N) is 1. The lowest BCUT2D eigenvalue weighted by Gasteiger charge is -2.12. The summed E-state index contributed by atoms with van der Waals surface area (Å²) in [5.74, 6) is -0.284. The van der Waals surface area contributed by atoms with Crippen LogP contribution >= 0.6 is 11.6 Å². The highest BCUT2D eigenvalue weighted by Gasteiger charge is 2.12. The van der Waals surface area contributed by atoms with E-state index in [0.717, 1.165) is 37.2 Å². The van der Waals surface area contributed by atoms with Crippen molar-refractivity contribution < 1.29 is 4.39 Å². The molecule has 1 aromatic heterocycles. The Bertz CT molecular complexity index is 584. The number of hydrogen-bond donors (Lipinski definition) is 1. The molecular formula is C15H18ClFN2. The maximum Gasteiger partial charge on any atom is 0.134 e. The van der Waals surface area contributed by atoms with Crippen molar-refractivity contribution in [1.82, 2.24) is 4.98 Å². The molecule has 0 aliphatic heterocycles. The lowest BCUT2D eigenvalue weighted by atomic mass is 10.1. The van der Waals surface area contributed by atoms with E-state index in [9.17, 15) is 4.39 Å². The summed E-state index contributed by atoms with van der Waals surface area (Å²) in [6.45, 7) is 4.97. The van der Waals surface area contributed by atoms with Crippen LogP contribution in [0, 0.1) is 5.82 Å². The van der Waals surface area contributed by atoms with Gasteiger partial charge in [0.05, 0.1) is 15.9 Å². The zero-order chi connectivity index (χ0) is 13.8. The predicted octanol–water partition coefficient (Wildman–Crippen LogP) is 4.80. The zero-order valence-corrected chi connectivity index (χ0v) is 12.0. The first-order chi connectivity index (χ1) is 9.17. The third-order valence-corrected chi connectivity index (χ3v) is 3.29. The fourth-order valence-corrected chi connectivity index (χ4v) is 2.30. The summed E-state index contributed by atoms with van der Waals surface area (Å²) in [4.78, 5) is 4.48. The number of rotatable bonds is 5. The minimum Gasteiger partial charge on any atom is -0.384 e. The molecule has 0 amide bonds. The molecular weight excluding hydrogens is 263 g/mol. The Balaban J connectivity index is 2.63. The van der Waals surface area contributed by atoms with Gasteiger partial charge in [-0.2, -0.15) is 0 Å². The number of anilines is 1. The van der Waals surface area contributed by atoms with Gasteiger partial charge in [-0.25, -0.2) is 4.39 Å². The van der Waals surface area contributed by atoms with E-state index < -0.39 is 0 Å². The fourth-order valence-electron chi connectivity index (χ4n) is 2.10. The van der Waals surface area contributed by atoms with Gasteiger partial charge in [-0.05, 0) is 31.0 Å². The van der Waals surface area contributed by atoms with Crippen LogP contribution in [0.1, 0.15) is 32.4 Å². The van der Waals surface area contributed by atoms with E-state index in [1.165, 1.54) is 6.07 Å². The van der Waals surface area contributed by atoms with E-state index in [4.69, 9.17) is 11.6 Å². The van der Waals surface area contributed by atoms with Crippen LogP contribution in [-0.4, -0.2) is 11.5 Å². The normalized spacial score (nSPS) is 10.9. The fraction of sp³-hybridized carbons (Fsp3) is 0.400. The Kier molecular flexibility index (Phi) is 4.59. The van der Waals surface area contributed by atoms with E-state index in [-0.39, 0.29) is 5.82 Å². The Morgan fingerprint density at radius 2 is 2.05 bits per heavy atom. The molecule has 1 aromatic carbocycles. The molecule has 0 aliphatic rings. The number of halogens is 2. The third-order valence-electron chi connectivity index (χ3n) is 2.99. The highest BCUT2D eigenvalue weighted by atomic mass is 35.5. The minimum atomic E-state index is -0.284. The molecule has 0 unspecified atom stereocenters.